The van der Waals surface area contributed by atoms with E-state index < -0.39 is 0 Å². The number of hydrogen-bond acceptors (Lipinski definition) is 2. The van der Waals surface area contributed by atoms with E-state index in [1.165, 1.54) is 12.1 Å². The lowest BCUT2D eigenvalue weighted by atomic mass is 9.84. The molecule has 2 rings (SSSR count). The van der Waals surface area contributed by atoms with Gasteiger partial charge in [-0.3, -0.25) is 4.99 Å². The van der Waals surface area contributed by atoms with E-state index in [-0.39, 0.29) is 41.3 Å². The fourth-order valence-corrected chi connectivity index (χ4v) is 3.10. The zero-order valence-electron chi connectivity index (χ0n) is 14.4. The summed E-state index contributed by atoms with van der Waals surface area (Å²) in [5.74, 6) is 0.406. The number of rotatable bonds is 5. The predicted molar refractivity (Wildman–Crippen MR) is 108 cm³/mol. The van der Waals surface area contributed by atoms with Crippen molar-refractivity contribution >= 4 is 41.5 Å². The van der Waals surface area contributed by atoms with Gasteiger partial charge in [0.2, 0.25) is 0 Å². The molecule has 1 atom stereocenters. The maximum absolute atomic E-state index is 13.2. The van der Waals surface area contributed by atoms with Crippen LogP contribution in [0, 0.1) is 5.82 Å². The van der Waals surface area contributed by atoms with Crippen LogP contribution in [-0.4, -0.2) is 38.8 Å². The summed E-state index contributed by atoms with van der Waals surface area (Å²) in [6.45, 7) is 6.34. The van der Waals surface area contributed by atoms with E-state index in [0.717, 1.165) is 37.5 Å². The number of aliphatic imine (C=N–C) groups is 1. The van der Waals surface area contributed by atoms with Crippen LogP contribution < -0.4 is 10.6 Å². The van der Waals surface area contributed by atoms with Gasteiger partial charge in [-0.25, -0.2) is 4.39 Å². The van der Waals surface area contributed by atoms with Gasteiger partial charge in [-0.1, -0.05) is 31.5 Å². The molecule has 24 heavy (non-hydrogen) atoms. The second-order valence-electron chi connectivity index (χ2n) is 6.45. The van der Waals surface area contributed by atoms with E-state index in [0.29, 0.717) is 11.6 Å². The molecule has 1 aliphatic heterocycles. The van der Waals surface area contributed by atoms with Crippen molar-refractivity contribution in [3.63, 3.8) is 0 Å². The molecule has 0 radical (unpaired) electrons. The van der Waals surface area contributed by atoms with Crippen LogP contribution in [0.3, 0.4) is 0 Å². The molecule has 0 spiro atoms. The monoisotopic (exact) mass is 469 g/mol. The van der Waals surface area contributed by atoms with Crippen LogP contribution in [0.2, 0.25) is 5.02 Å². The minimum absolute atomic E-state index is 0. The largest absolute Gasteiger partial charge is 0.376 e. The van der Waals surface area contributed by atoms with Crippen LogP contribution in [0.1, 0.15) is 32.3 Å². The van der Waals surface area contributed by atoms with Gasteiger partial charge in [0.1, 0.15) is 5.82 Å². The molecule has 0 amide bonds. The van der Waals surface area contributed by atoms with Crippen molar-refractivity contribution in [3.05, 3.63) is 34.6 Å². The highest BCUT2D eigenvalue weighted by Gasteiger charge is 2.24. The van der Waals surface area contributed by atoms with E-state index in [1.807, 2.05) is 0 Å². The Morgan fingerprint density at radius 3 is 2.75 bits per heavy atom. The van der Waals surface area contributed by atoms with Crippen molar-refractivity contribution in [1.82, 2.24) is 10.6 Å². The van der Waals surface area contributed by atoms with Crippen LogP contribution in [0.25, 0.3) is 0 Å². The third-order valence-electron chi connectivity index (χ3n) is 4.10. The summed E-state index contributed by atoms with van der Waals surface area (Å²) in [6, 6.07) is 4.53. The average molecular weight is 470 g/mol. The quantitative estimate of drug-likeness (QED) is 0.392. The first-order chi connectivity index (χ1) is 10.9. The Labute approximate surface area is 165 Å². The zero-order chi connectivity index (χ0) is 16.9. The molecule has 1 fully saturated rings. The second-order valence-corrected chi connectivity index (χ2v) is 6.86. The van der Waals surface area contributed by atoms with Crippen LogP contribution >= 0.6 is 35.6 Å². The van der Waals surface area contributed by atoms with Gasteiger partial charge in [0.15, 0.2) is 5.96 Å². The highest BCUT2D eigenvalue weighted by atomic mass is 127. The summed E-state index contributed by atoms with van der Waals surface area (Å²) in [4.78, 5) is 4.23. The number of ether oxygens (including phenoxy) is 1. The minimum Gasteiger partial charge on any atom is -0.376 e. The molecular weight excluding hydrogens is 444 g/mol. The number of nitrogens with zero attached hydrogens (tertiary/aromatic N) is 1. The molecule has 1 aliphatic rings. The zero-order valence-corrected chi connectivity index (χ0v) is 17.5. The topological polar surface area (TPSA) is 45.7 Å². The van der Waals surface area contributed by atoms with Gasteiger partial charge >= 0.3 is 0 Å². The summed E-state index contributed by atoms with van der Waals surface area (Å²) < 4.78 is 18.8. The van der Waals surface area contributed by atoms with Gasteiger partial charge in [0.05, 0.1) is 6.10 Å². The van der Waals surface area contributed by atoms with Gasteiger partial charge in [-0.05, 0) is 30.5 Å². The summed E-state index contributed by atoms with van der Waals surface area (Å²) in [5, 5.41) is 7.03. The summed E-state index contributed by atoms with van der Waals surface area (Å²) in [7, 11) is 1.74. The molecule has 136 valence electrons. The maximum atomic E-state index is 13.2. The molecule has 1 unspecified atom stereocenters. The molecule has 1 heterocycles. The molecule has 0 aromatic heterocycles. The van der Waals surface area contributed by atoms with Crippen molar-refractivity contribution in [3.8, 4) is 0 Å². The SMILES string of the molecule is CN=C(NCC1CCCO1)NCC(C)(C)c1ccc(F)cc1Cl.I. The first kappa shape index (κ1) is 21.4. The molecule has 0 aliphatic carbocycles. The number of hydrogen-bond donors (Lipinski definition) is 2. The molecule has 7 heteroatoms. The van der Waals surface area contributed by atoms with Crippen LogP contribution in [0.15, 0.2) is 23.2 Å². The van der Waals surface area contributed by atoms with E-state index >= 15 is 0 Å². The number of guanidine groups is 1. The number of benzene rings is 1. The molecule has 1 saturated heterocycles. The molecule has 0 bridgehead atoms. The van der Waals surface area contributed by atoms with Gasteiger partial charge in [-0.15, -0.1) is 24.0 Å². The molecule has 4 nitrogen and oxygen atoms in total. The molecule has 1 aromatic rings. The Bertz CT molecular complexity index is 563. The van der Waals surface area contributed by atoms with Crippen LogP contribution in [-0.2, 0) is 10.2 Å². The summed E-state index contributed by atoms with van der Waals surface area (Å²) >= 11 is 6.18. The second kappa shape index (κ2) is 9.77. The average Bonchev–Trinajstić information content (AvgIpc) is 3.00. The fourth-order valence-electron chi connectivity index (χ4n) is 2.67. The number of nitrogens with one attached hydrogen (secondary N) is 2. The number of halogens is 3. The van der Waals surface area contributed by atoms with Crippen molar-refractivity contribution < 1.29 is 9.13 Å². The molecular formula is C17H26ClFIN3O. The third kappa shape index (κ3) is 6.04. The summed E-state index contributed by atoms with van der Waals surface area (Å²) in [6.07, 6.45) is 2.46. The molecule has 2 N–H and O–H groups in total. The fraction of sp³-hybridized carbons (Fsp3) is 0.588. The summed E-state index contributed by atoms with van der Waals surface area (Å²) in [5.41, 5.74) is 0.648. The predicted octanol–water partition coefficient (Wildman–Crippen LogP) is 3.72. The molecule has 0 saturated carbocycles. The maximum Gasteiger partial charge on any atom is 0.191 e. The highest BCUT2D eigenvalue weighted by Crippen LogP contribution is 2.29. The van der Waals surface area contributed by atoms with E-state index in [2.05, 4.69) is 29.5 Å². The Morgan fingerprint density at radius 1 is 1.42 bits per heavy atom. The van der Waals surface area contributed by atoms with Crippen molar-refractivity contribution in [2.24, 2.45) is 4.99 Å². The lowest BCUT2D eigenvalue weighted by Gasteiger charge is -2.28. The normalized spacial score (nSPS) is 18.2. The Hall–Kier alpha value is -0.600. The standard InChI is InChI=1S/C17H25ClFN3O.HI/c1-17(2,14-7-6-12(19)9-15(14)18)11-22-16(20-3)21-10-13-5-4-8-23-13;/h6-7,9,13H,4-5,8,10-11H2,1-3H3,(H2,20,21,22);1H. The Balaban J connectivity index is 0.00000288. The lowest BCUT2D eigenvalue weighted by Crippen LogP contribution is -2.45. The van der Waals surface area contributed by atoms with Crippen LogP contribution in [0.5, 0.6) is 0 Å². The van der Waals surface area contributed by atoms with Gasteiger partial charge in [0, 0.05) is 37.2 Å². The Morgan fingerprint density at radius 2 is 2.17 bits per heavy atom. The van der Waals surface area contributed by atoms with Gasteiger partial charge < -0.3 is 15.4 Å². The first-order valence-corrected chi connectivity index (χ1v) is 8.32. The Kier molecular flexibility index (Phi) is 8.73. The molecule has 1 aromatic carbocycles. The smallest absolute Gasteiger partial charge is 0.191 e. The van der Waals surface area contributed by atoms with Gasteiger partial charge in [-0.2, -0.15) is 0 Å². The van der Waals surface area contributed by atoms with Crippen LogP contribution in [0.4, 0.5) is 4.39 Å². The minimum atomic E-state index is -0.323. The third-order valence-corrected chi connectivity index (χ3v) is 4.42. The van der Waals surface area contributed by atoms with Crippen molar-refractivity contribution in [1.29, 1.82) is 0 Å². The highest BCUT2D eigenvalue weighted by molar-refractivity contribution is 14.0. The van der Waals surface area contributed by atoms with Crippen molar-refractivity contribution in [2.45, 2.75) is 38.2 Å². The van der Waals surface area contributed by atoms with E-state index in [1.54, 1.807) is 13.1 Å². The van der Waals surface area contributed by atoms with E-state index in [9.17, 15) is 4.39 Å². The first-order valence-electron chi connectivity index (χ1n) is 7.94. The van der Waals surface area contributed by atoms with Crippen molar-refractivity contribution in [2.75, 3.05) is 26.7 Å². The lowest BCUT2D eigenvalue weighted by molar-refractivity contribution is 0.114. The van der Waals surface area contributed by atoms with Gasteiger partial charge in [0.25, 0.3) is 0 Å². The van der Waals surface area contributed by atoms with E-state index in [4.69, 9.17) is 16.3 Å².